The van der Waals surface area contributed by atoms with Crippen LogP contribution >= 0.6 is 11.3 Å². The first kappa shape index (κ1) is 14.3. The van der Waals surface area contributed by atoms with Crippen molar-refractivity contribution in [1.82, 2.24) is 14.6 Å². The molecule has 0 N–H and O–H groups in total. The van der Waals surface area contributed by atoms with E-state index in [2.05, 4.69) is 10.1 Å². The Morgan fingerprint density at radius 1 is 1.23 bits per heavy atom. The SMILES string of the molecule is COc1cccc(C=Cc2cc(=O)n3ncsc3n2)c1OC. The van der Waals surface area contributed by atoms with Crippen molar-refractivity contribution in [1.29, 1.82) is 0 Å². The summed E-state index contributed by atoms with van der Waals surface area (Å²) >= 11 is 1.31. The highest BCUT2D eigenvalue weighted by Gasteiger charge is 2.07. The Morgan fingerprint density at radius 3 is 2.86 bits per heavy atom. The van der Waals surface area contributed by atoms with Crippen molar-refractivity contribution in [2.45, 2.75) is 0 Å². The fourth-order valence-electron chi connectivity index (χ4n) is 2.08. The van der Waals surface area contributed by atoms with Crippen LogP contribution in [0.25, 0.3) is 17.1 Å². The van der Waals surface area contributed by atoms with E-state index in [4.69, 9.17) is 9.47 Å². The first-order chi connectivity index (χ1) is 10.7. The average molecular weight is 315 g/mol. The van der Waals surface area contributed by atoms with E-state index < -0.39 is 0 Å². The first-order valence-electron chi connectivity index (χ1n) is 6.45. The highest BCUT2D eigenvalue weighted by atomic mass is 32.1. The van der Waals surface area contributed by atoms with Gasteiger partial charge in [-0.2, -0.15) is 9.61 Å². The minimum absolute atomic E-state index is 0.205. The highest BCUT2D eigenvalue weighted by Crippen LogP contribution is 2.31. The van der Waals surface area contributed by atoms with E-state index in [1.807, 2.05) is 24.3 Å². The fourth-order valence-corrected chi connectivity index (χ4v) is 2.71. The number of methoxy groups -OCH3 is 2. The van der Waals surface area contributed by atoms with Gasteiger partial charge in [0.05, 0.1) is 19.9 Å². The summed E-state index contributed by atoms with van der Waals surface area (Å²) in [5.41, 5.74) is 2.79. The van der Waals surface area contributed by atoms with Gasteiger partial charge in [0.25, 0.3) is 5.56 Å². The van der Waals surface area contributed by atoms with Crippen molar-refractivity contribution in [2.75, 3.05) is 14.2 Å². The molecule has 0 unspecified atom stereocenters. The van der Waals surface area contributed by atoms with Crippen LogP contribution in [-0.4, -0.2) is 28.8 Å². The summed E-state index contributed by atoms with van der Waals surface area (Å²) in [4.78, 5) is 16.8. The topological polar surface area (TPSA) is 65.7 Å². The molecule has 0 aliphatic rings. The standard InChI is InChI=1S/C15H13N3O3S/c1-20-12-5-3-4-10(14(12)21-2)6-7-11-8-13(19)18-15(17-11)22-9-16-18/h3-9H,1-2H3. The van der Waals surface area contributed by atoms with E-state index >= 15 is 0 Å². The summed E-state index contributed by atoms with van der Waals surface area (Å²) in [7, 11) is 3.18. The molecular weight excluding hydrogens is 302 g/mol. The van der Waals surface area contributed by atoms with Crippen LogP contribution in [0.1, 0.15) is 11.3 Å². The molecule has 22 heavy (non-hydrogen) atoms. The molecule has 0 aliphatic heterocycles. The number of para-hydroxylation sites is 1. The smallest absolute Gasteiger partial charge is 0.275 e. The van der Waals surface area contributed by atoms with E-state index in [-0.39, 0.29) is 5.56 Å². The Hall–Kier alpha value is -2.67. The Labute approximate surface area is 130 Å². The molecule has 0 spiro atoms. The van der Waals surface area contributed by atoms with E-state index in [9.17, 15) is 4.79 Å². The van der Waals surface area contributed by atoms with E-state index in [0.717, 1.165) is 5.56 Å². The summed E-state index contributed by atoms with van der Waals surface area (Å²) in [6, 6.07) is 7.03. The largest absolute Gasteiger partial charge is 0.493 e. The third kappa shape index (κ3) is 2.58. The van der Waals surface area contributed by atoms with Crippen molar-refractivity contribution in [3.8, 4) is 11.5 Å². The maximum Gasteiger partial charge on any atom is 0.275 e. The van der Waals surface area contributed by atoms with Crippen LogP contribution in [0.5, 0.6) is 11.5 Å². The molecule has 0 amide bonds. The Morgan fingerprint density at radius 2 is 2.09 bits per heavy atom. The Bertz CT molecular complexity index is 898. The number of rotatable bonds is 4. The van der Waals surface area contributed by atoms with E-state index in [0.29, 0.717) is 22.2 Å². The second-order valence-corrected chi connectivity index (χ2v) is 5.18. The number of ether oxygens (including phenoxy) is 2. The predicted octanol–water partition coefficient (Wildman–Crippen LogP) is 2.34. The third-order valence-corrected chi connectivity index (χ3v) is 3.75. The summed E-state index contributed by atoms with van der Waals surface area (Å²) in [5.74, 6) is 1.28. The van der Waals surface area contributed by atoms with Crippen molar-refractivity contribution in [2.24, 2.45) is 0 Å². The van der Waals surface area contributed by atoms with Crippen LogP contribution in [-0.2, 0) is 0 Å². The summed E-state index contributed by atoms with van der Waals surface area (Å²) in [6.45, 7) is 0. The second-order valence-electron chi connectivity index (χ2n) is 4.37. The number of hydrogen-bond donors (Lipinski definition) is 0. The van der Waals surface area contributed by atoms with Crippen molar-refractivity contribution in [3.63, 3.8) is 0 Å². The molecule has 0 atom stereocenters. The third-order valence-electron chi connectivity index (χ3n) is 3.07. The number of fused-ring (bicyclic) bond motifs is 1. The molecule has 0 fully saturated rings. The molecule has 0 bridgehead atoms. The average Bonchev–Trinajstić information content (AvgIpc) is 3.01. The number of nitrogens with zero attached hydrogens (tertiary/aromatic N) is 3. The molecule has 0 aliphatic carbocycles. The maximum absolute atomic E-state index is 11.9. The highest BCUT2D eigenvalue weighted by molar-refractivity contribution is 7.14. The zero-order valence-electron chi connectivity index (χ0n) is 12.0. The minimum atomic E-state index is -0.205. The molecule has 3 rings (SSSR count). The van der Waals surface area contributed by atoms with Gasteiger partial charge in [0.1, 0.15) is 5.51 Å². The van der Waals surface area contributed by atoms with Crippen molar-refractivity contribution in [3.05, 3.63) is 51.4 Å². The minimum Gasteiger partial charge on any atom is -0.493 e. The lowest BCUT2D eigenvalue weighted by atomic mass is 10.1. The predicted molar refractivity (Wildman–Crippen MR) is 85.6 cm³/mol. The zero-order chi connectivity index (χ0) is 15.5. The Balaban J connectivity index is 2.01. The normalized spacial score (nSPS) is 11.2. The van der Waals surface area contributed by atoms with Gasteiger partial charge in [0.2, 0.25) is 4.96 Å². The molecule has 1 aromatic carbocycles. The van der Waals surface area contributed by atoms with Gasteiger partial charge < -0.3 is 9.47 Å². The van der Waals surface area contributed by atoms with Crippen LogP contribution in [0, 0.1) is 0 Å². The molecule has 0 saturated carbocycles. The molecular formula is C15H13N3O3S. The van der Waals surface area contributed by atoms with Crippen LogP contribution < -0.4 is 15.0 Å². The van der Waals surface area contributed by atoms with Gasteiger partial charge in [-0.05, 0) is 18.2 Å². The van der Waals surface area contributed by atoms with Gasteiger partial charge in [-0.3, -0.25) is 4.79 Å². The summed E-state index contributed by atoms with van der Waals surface area (Å²) in [6.07, 6.45) is 3.60. The number of hydrogen-bond acceptors (Lipinski definition) is 6. The molecule has 7 heteroatoms. The molecule has 2 aromatic heterocycles. The van der Waals surface area contributed by atoms with Gasteiger partial charge in [0, 0.05) is 11.6 Å². The number of benzene rings is 1. The van der Waals surface area contributed by atoms with E-state index in [1.54, 1.807) is 25.8 Å². The lowest BCUT2D eigenvalue weighted by Gasteiger charge is -2.09. The molecule has 6 nitrogen and oxygen atoms in total. The molecule has 112 valence electrons. The van der Waals surface area contributed by atoms with Crippen LogP contribution in [0.15, 0.2) is 34.6 Å². The maximum atomic E-state index is 11.9. The first-order valence-corrected chi connectivity index (χ1v) is 7.33. The van der Waals surface area contributed by atoms with Crippen LogP contribution in [0.3, 0.4) is 0 Å². The van der Waals surface area contributed by atoms with Crippen LogP contribution in [0.2, 0.25) is 0 Å². The zero-order valence-corrected chi connectivity index (χ0v) is 12.8. The summed E-state index contributed by atoms with van der Waals surface area (Å²) in [5, 5.41) is 3.93. The molecule has 2 heterocycles. The summed E-state index contributed by atoms with van der Waals surface area (Å²) < 4.78 is 11.9. The molecule has 3 aromatic rings. The van der Waals surface area contributed by atoms with Crippen LogP contribution in [0.4, 0.5) is 0 Å². The molecule has 0 radical (unpaired) electrons. The lowest BCUT2D eigenvalue weighted by molar-refractivity contribution is 0.354. The molecule has 0 saturated heterocycles. The van der Waals surface area contributed by atoms with Gasteiger partial charge in [-0.25, -0.2) is 4.98 Å². The second kappa shape index (κ2) is 5.98. The van der Waals surface area contributed by atoms with Gasteiger partial charge in [-0.15, -0.1) is 0 Å². The van der Waals surface area contributed by atoms with Gasteiger partial charge in [0.15, 0.2) is 11.5 Å². The van der Waals surface area contributed by atoms with Gasteiger partial charge >= 0.3 is 0 Å². The fraction of sp³-hybridized carbons (Fsp3) is 0.133. The van der Waals surface area contributed by atoms with Crippen molar-refractivity contribution >= 4 is 28.4 Å². The lowest BCUT2D eigenvalue weighted by Crippen LogP contribution is -2.13. The van der Waals surface area contributed by atoms with Gasteiger partial charge in [-0.1, -0.05) is 23.5 Å². The monoisotopic (exact) mass is 315 g/mol. The quantitative estimate of drug-likeness (QED) is 0.739. The van der Waals surface area contributed by atoms with E-state index in [1.165, 1.54) is 21.9 Å². The van der Waals surface area contributed by atoms with Crippen molar-refractivity contribution < 1.29 is 9.47 Å². The number of aromatic nitrogens is 3. The Kier molecular flexibility index (Phi) is 3.88.